The number of para-hydroxylation sites is 1. The summed E-state index contributed by atoms with van der Waals surface area (Å²) in [5.41, 5.74) is 1.36. The second kappa shape index (κ2) is 9.28. The smallest absolute Gasteiger partial charge is 0.276 e. The van der Waals surface area contributed by atoms with E-state index >= 15 is 0 Å². The maximum Gasteiger partial charge on any atom is 0.276 e. The molecule has 2 amide bonds. The molecule has 7 nitrogen and oxygen atoms in total. The summed E-state index contributed by atoms with van der Waals surface area (Å²) in [6.07, 6.45) is 2.63. The third-order valence-corrected chi connectivity index (χ3v) is 4.00. The van der Waals surface area contributed by atoms with Crippen molar-refractivity contribution < 1.29 is 14.5 Å². The molecule has 140 valence electrons. The van der Waals surface area contributed by atoms with E-state index in [0.717, 1.165) is 0 Å². The normalized spacial score (nSPS) is 10.6. The summed E-state index contributed by atoms with van der Waals surface area (Å²) in [4.78, 5) is 36.5. The van der Waals surface area contributed by atoms with Gasteiger partial charge in [0.2, 0.25) is 5.91 Å². The molecule has 0 aliphatic rings. The van der Waals surface area contributed by atoms with E-state index in [1.165, 1.54) is 18.2 Å². The van der Waals surface area contributed by atoms with E-state index in [2.05, 4.69) is 5.32 Å². The van der Waals surface area contributed by atoms with Crippen LogP contribution in [0.15, 0.2) is 54.6 Å². The van der Waals surface area contributed by atoms with Crippen molar-refractivity contribution in [3.8, 4) is 0 Å². The molecule has 0 fully saturated rings. The molecule has 2 aromatic rings. The van der Waals surface area contributed by atoms with Crippen molar-refractivity contribution in [2.24, 2.45) is 0 Å². The fourth-order valence-corrected chi connectivity index (χ4v) is 2.53. The van der Waals surface area contributed by atoms with Crippen molar-refractivity contribution >= 4 is 29.3 Å². The van der Waals surface area contributed by atoms with Crippen LogP contribution in [0.2, 0.25) is 0 Å². The lowest BCUT2D eigenvalue weighted by Crippen LogP contribution is -2.30. The van der Waals surface area contributed by atoms with Crippen LogP contribution in [0.4, 0.5) is 11.4 Å². The van der Waals surface area contributed by atoms with Gasteiger partial charge in [-0.25, -0.2) is 0 Å². The molecule has 0 spiro atoms. The van der Waals surface area contributed by atoms with Gasteiger partial charge in [-0.1, -0.05) is 12.1 Å². The molecule has 0 saturated carbocycles. The van der Waals surface area contributed by atoms with Crippen LogP contribution in [0.5, 0.6) is 0 Å². The van der Waals surface area contributed by atoms with Crippen LogP contribution in [0.3, 0.4) is 0 Å². The van der Waals surface area contributed by atoms with E-state index in [1.807, 2.05) is 13.8 Å². The van der Waals surface area contributed by atoms with Crippen LogP contribution >= 0.6 is 0 Å². The highest BCUT2D eigenvalue weighted by molar-refractivity contribution is 6.02. The van der Waals surface area contributed by atoms with Gasteiger partial charge in [0.1, 0.15) is 0 Å². The highest BCUT2D eigenvalue weighted by atomic mass is 16.6. The number of rotatable bonds is 7. The number of hydrogen-bond donors (Lipinski definition) is 1. The molecule has 0 unspecified atom stereocenters. The van der Waals surface area contributed by atoms with Crippen LogP contribution in [0, 0.1) is 10.1 Å². The second-order valence-electron chi connectivity index (χ2n) is 5.69. The number of carbonyl (C=O) groups excluding carboxylic acids is 2. The number of benzene rings is 2. The van der Waals surface area contributed by atoms with Crippen molar-refractivity contribution in [3.05, 3.63) is 75.8 Å². The third kappa shape index (κ3) is 5.24. The molecule has 0 bridgehead atoms. The molecular weight excluding hydrogens is 346 g/mol. The van der Waals surface area contributed by atoms with Gasteiger partial charge in [0.15, 0.2) is 0 Å². The summed E-state index contributed by atoms with van der Waals surface area (Å²) in [6.45, 7) is 5.09. The molecule has 27 heavy (non-hydrogen) atoms. The van der Waals surface area contributed by atoms with Gasteiger partial charge >= 0.3 is 0 Å². The first-order valence-electron chi connectivity index (χ1n) is 8.58. The summed E-state index contributed by atoms with van der Waals surface area (Å²) in [7, 11) is 0. The summed E-state index contributed by atoms with van der Waals surface area (Å²) >= 11 is 0. The molecule has 0 atom stereocenters. The Morgan fingerprint density at radius 3 is 2.30 bits per heavy atom. The van der Waals surface area contributed by atoms with Crippen molar-refractivity contribution in [3.63, 3.8) is 0 Å². The Labute approximate surface area is 157 Å². The van der Waals surface area contributed by atoms with Crippen LogP contribution in [0.1, 0.15) is 29.8 Å². The first kappa shape index (κ1) is 19.8. The molecule has 2 rings (SSSR count). The van der Waals surface area contributed by atoms with E-state index < -0.39 is 10.8 Å². The van der Waals surface area contributed by atoms with Crippen molar-refractivity contribution in [1.29, 1.82) is 0 Å². The van der Waals surface area contributed by atoms with Gasteiger partial charge in [-0.2, -0.15) is 0 Å². The van der Waals surface area contributed by atoms with E-state index in [4.69, 9.17) is 0 Å². The highest BCUT2D eigenvalue weighted by Gasteiger charge is 2.12. The number of nitrogens with one attached hydrogen (secondary N) is 1. The lowest BCUT2D eigenvalue weighted by molar-refractivity contribution is -0.385. The standard InChI is InChI=1S/C20H21N3O4/c1-3-22(4-2)20(25)16-9-12-17(13-10-16)21-19(24)14-11-15-7-5-6-8-18(15)23(26)27/h5-14H,3-4H2,1-2H3,(H,21,24)/b14-11+. The highest BCUT2D eigenvalue weighted by Crippen LogP contribution is 2.19. The molecule has 2 aromatic carbocycles. The van der Waals surface area contributed by atoms with E-state index in [9.17, 15) is 19.7 Å². The van der Waals surface area contributed by atoms with Gasteiger partial charge in [0.25, 0.3) is 11.6 Å². The van der Waals surface area contributed by atoms with Crippen molar-refractivity contribution in [2.75, 3.05) is 18.4 Å². The lowest BCUT2D eigenvalue weighted by atomic mass is 10.1. The Bertz CT molecular complexity index is 856. The zero-order valence-corrected chi connectivity index (χ0v) is 15.2. The summed E-state index contributed by atoms with van der Waals surface area (Å²) in [5, 5.41) is 13.6. The number of nitro benzene ring substituents is 1. The summed E-state index contributed by atoms with van der Waals surface area (Å²) in [6, 6.07) is 12.8. The molecule has 1 N–H and O–H groups in total. The predicted octanol–water partition coefficient (Wildman–Crippen LogP) is 3.73. The number of hydrogen-bond acceptors (Lipinski definition) is 4. The summed E-state index contributed by atoms with van der Waals surface area (Å²) in [5.74, 6) is -0.481. The Morgan fingerprint density at radius 2 is 1.70 bits per heavy atom. The largest absolute Gasteiger partial charge is 0.339 e. The maximum atomic E-state index is 12.3. The van der Waals surface area contributed by atoms with Crippen LogP contribution in [-0.2, 0) is 4.79 Å². The Hall–Kier alpha value is -3.48. The number of amides is 2. The van der Waals surface area contributed by atoms with Crippen molar-refractivity contribution in [1.82, 2.24) is 4.90 Å². The average molecular weight is 367 g/mol. The molecule has 0 heterocycles. The SMILES string of the molecule is CCN(CC)C(=O)c1ccc(NC(=O)/C=C/c2ccccc2[N+](=O)[O-])cc1. The minimum atomic E-state index is -0.497. The van der Waals surface area contributed by atoms with Crippen LogP contribution in [0.25, 0.3) is 6.08 Å². The number of nitro groups is 1. The average Bonchev–Trinajstić information content (AvgIpc) is 2.68. The van der Waals surface area contributed by atoms with Crippen LogP contribution < -0.4 is 5.32 Å². The first-order valence-corrected chi connectivity index (χ1v) is 8.58. The number of anilines is 1. The van der Waals surface area contributed by atoms with Gasteiger partial charge in [-0.3, -0.25) is 19.7 Å². The Balaban J connectivity index is 2.04. The maximum absolute atomic E-state index is 12.3. The molecule has 7 heteroatoms. The monoisotopic (exact) mass is 367 g/mol. The molecule has 0 aromatic heterocycles. The molecule has 0 radical (unpaired) electrons. The van der Waals surface area contributed by atoms with E-state index in [0.29, 0.717) is 29.9 Å². The number of nitrogens with zero attached hydrogens (tertiary/aromatic N) is 2. The van der Waals surface area contributed by atoms with Gasteiger partial charge in [0, 0.05) is 36.5 Å². The zero-order valence-electron chi connectivity index (χ0n) is 15.2. The topological polar surface area (TPSA) is 92.6 Å². The summed E-state index contributed by atoms with van der Waals surface area (Å²) < 4.78 is 0. The number of carbonyl (C=O) groups is 2. The van der Waals surface area contributed by atoms with Gasteiger partial charge in [-0.05, 0) is 50.3 Å². The fraction of sp³-hybridized carbons (Fsp3) is 0.200. The van der Waals surface area contributed by atoms with E-state index in [-0.39, 0.29) is 11.6 Å². The second-order valence-corrected chi connectivity index (χ2v) is 5.69. The van der Waals surface area contributed by atoms with Crippen molar-refractivity contribution in [2.45, 2.75) is 13.8 Å². The fourth-order valence-electron chi connectivity index (χ4n) is 2.53. The van der Waals surface area contributed by atoms with Crippen LogP contribution in [-0.4, -0.2) is 34.7 Å². The molecule has 0 aliphatic carbocycles. The lowest BCUT2D eigenvalue weighted by Gasteiger charge is -2.18. The molecule has 0 saturated heterocycles. The Morgan fingerprint density at radius 1 is 1.07 bits per heavy atom. The van der Waals surface area contributed by atoms with Gasteiger partial charge < -0.3 is 10.2 Å². The Kier molecular flexibility index (Phi) is 6.82. The third-order valence-electron chi connectivity index (χ3n) is 4.00. The minimum absolute atomic E-state index is 0.0610. The molecular formula is C20H21N3O4. The van der Waals surface area contributed by atoms with Gasteiger partial charge in [0.05, 0.1) is 10.5 Å². The van der Waals surface area contributed by atoms with E-state index in [1.54, 1.807) is 47.4 Å². The molecule has 0 aliphatic heterocycles. The zero-order chi connectivity index (χ0) is 19.8. The minimum Gasteiger partial charge on any atom is -0.339 e. The first-order chi connectivity index (χ1) is 13.0. The van der Waals surface area contributed by atoms with Gasteiger partial charge in [-0.15, -0.1) is 0 Å². The predicted molar refractivity (Wildman–Crippen MR) is 104 cm³/mol. The quantitative estimate of drug-likeness (QED) is 0.458.